The third kappa shape index (κ3) is 3.54. The predicted octanol–water partition coefficient (Wildman–Crippen LogP) is 2.97. The van der Waals surface area contributed by atoms with Crippen molar-refractivity contribution in [3.05, 3.63) is 22.8 Å². The lowest BCUT2D eigenvalue weighted by molar-refractivity contribution is -0.0555. The standard InChI is InChI=1S/C19H32N4O2/c1-17(2,3)12-9-13-11(14(15(12)24)18(4,5)6)10-19(7,25-13)23(8)22-16(20)21/h9,24H,10H2,1-8H3,(H4,20,21,22). The van der Waals surface area contributed by atoms with E-state index in [1.54, 1.807) is 12.1 Å². The van der Waals surface area contributed by atoms with Gasteiger partial charge < -0.3 is 15.6 Å². The Bertz CT molecular complexity index is 701. The maximum Gasteiger partial charge on any atom is 0.200 e. The molecule has 0 spiro atoms. The topological polar surface area (TPSA) is 94.6 Å². The quantitative estimate of drug-likeness (QED) is 0.374. The van der Waals surface area contributed by atoms with Gasteiger partial charge in [0.1, 0.15) is 11.5 Å². The minimum Gasteiger partial charge on any atom is -0.507 e. The third-order valence-electron chi connectivity index (χ3n) is 4.76. The summed E-state index contributed by atoms with van der Waals surface area (Å²) in [5.41, 5.74) is 9.94. The highest BCUT2D eigenvalue weighted by atomic mass is 16.5. The Hall–Kier alpha value is -1.95. The molecule has 1 aliphatic rings. The highest BCUT2D eigenvalue weighted by molar-refractivity contribution is 5.73. The molecule has 0 amide bonds. The minimum absolute atomic E-state index is 0.141. The first-order valence-corrected chi connectivity index (χ1v) is 8.60. The summed E-state index contributed by atoms with van der Waals surface area (Å²) in [6.07, 6.45) is 0.587. The van der Waals surface area contributed by atoms with Crippen molar-refractivity contribution in [1.82, 2.24) is 10.4 Å². The molecule has 5 N–H and O–H groups in total. The number of nitrogens with two attached hydrogens (primary N) is 1. The minimum atomic E-state index is -0.697. The molecule has 0 aromatic heterocycles. The lowest BCUT2D eigenvalue weighted by Gasteiger charge is -2.34. The molecule has 25 heavy (non-hydrogen) atoms. The van der Waals surface area contributed by atoms with Crippen LogP contribution in [0.4, 0.5) is 0 Å². The van der Waals surface area contributed by atoms with Gasteiger partial charge in [0.15, 0.2) is 5.72 Å². The maximum absolute atomic E-state index is 11.0. The molecule has 0 saturated heterocycles. The Morgan fingerprint density at radius 1 is 1.28 bits per heavy atom. The summed E-state index contributed by atoms with van der Waals surface area (Å²) < 4.78 is 6.28. The van der Waals surface area contributed by atoms with Crippen molar-refractivity contribution in [2.24, 2.45) is 5.73 Å². The largest absolute Gasteiger partial charge is 0.507 e. The summed E-state index contributed by atoms with van der Waals surface area (Å²) in [5.74, 6) is 0.999. The second-order valence-corrected chi connectivity index (χ2v) is 9.16. The van der Waals surface area contributed by atoms with Crippen molar-refractivity contribution in [2.75, 3.05) is 7.05 Å². The number of hydrogen-bond donors (Lipinski definition) is 4. The van der Waals surface area contributed by atoms with Gasteiger partial charge in [0.25, 0.3) is 0 Å². The van der Waals surface area contributed by atoms with Crippen LogP contribution in [-0.2, 0) is 17.3 Å². The fourth-order valence-corrected chi connectivity index (χ4v) is 3.42. The molecule has 2 rings (SSSR count). The fraction of sp³-hybridized carbons (Fsp3) is 0.632. The Morgan fingerprint density at radius 2 is 1.84 bits per heavy atom. The van der Waals surface area contributed by atoms with Crippen molar-refractivity contribution in [3.8, 4) is 11.5 Å². The number of phenolic OH excluding ortho intramolecular Hbond substituents is 1. The number of nitrogens with zero attached hydrogens (tertiary/aromatic N) is 1. The molecular weight excluding hydrogens is 316 g/mol. The van der Waals surface area contributed by atoms with E-state index in [1.807, 2.05) is 13.0 Å². The van der Waals surface area contributed by atoms with Crippen LogP contribution in [0.2, 0.25) is 0 Å². The van der Waals surface area contributed by atoms with Crippen molar-refractivity contribution in [1.29, 1.82) is 5.41 Å². The van der Waals surface area contributed by atoms with E-state index in [0.29, 0.717) is 12.2 Å². The van der Waals surface area contributed by atoms with Gasteiger partial charge >= 0.3 is 0 Å². The van der Waals surface area contributed by atoms with E-state index in [0.717, 1.165) is 22.4 Å². The Labute approximate surface area is 150 Å². The van der Waals surface area contributed by atoms with E-state index >= 15 is 0 Å². The number of nitrogens with one attached hydrogen (secondary N) is 2. The average Bonchev–Trinajstić information content (AvgIpc) is 2.71. The van der Waals surface area contributed by atoms with Gasteiger partial charge in [-0.15, -0.1) is 0 Å². The van der Waals surface area contributed by atoms with Gasteiger partial charge in [-0.05, 0) is 23.8 Å². The van der Waals surface area contributed by atoms with Gasteiger partial charge in [-0.3, -0.25) is 10.8 Å². The highest BCUT2D eigenvalue weighted by Crippen LogP contribution is 2.49. The number of guanidine groups is 1. The summed E-state index contributed by atoms with van der Waals surface area (Å²) >= 11 is 0. The van der Waals surface area contributed by atoms with Gasteiger partial charge in [0.05, 0.1) is 0 Å². The number of hydrogen-bond acceptors (Lipinski definition) is 4. The van der Waals surface area contributed by atoms with Gasteiger partial charge in [-0.2, -0.15) is 5.01 Å². The number of aromatic hydroxyl groups is 1. The zero-order chi connectivity index (χ0) is 19.4. The molecule has 6 nitrogen and oxygen atoms in total. The molecule has 0 aliphatic carbocycles. The van der Waals surface area contributed by atoms with E-state index in [9.17, 15) is 5.11 Å². The monoisotopic (exact) mass is 348 g/mol. The average molecular weight is 348 g/mol. The SMILES string of the molecule is CN(NC(=N)N)C1(C)Cc2c(cc(C(C)(C)C)c(O)c2C(C)(C)C)O1. The molecule has 1 aromatic rings. The first-order valence-electron chi connectivity index (χ1n) is 8.60. The fourth-order valence-electron chi connectivity index (χ4n) is 3.42. The number of phenols is 1. The molecular formula is C19H32N4O2. The Kier molecular flexibility index (Phi) is 4.49. The van der Waals surface area contributed by atoms with Crippen LogP contribution in [0.5, 0.6) is 11.5 Å². The van der Waals surface area contributed by atoms with Crippen molar-refractivity contribution in [2.45, 2.75) is 71.4 Å². The Morgan fingerprint density at radius 3 is 2.28 bits per heavy atom. The summed E-state index contributed by atoms with van der Waals surface area (Å²) in [7, 11) is 1.80. The van der Waals surface area contributed by atoms with Gasteiger partial charge in [-0.1, -0.05) is 41.5 Å². The zero-order valence-electron chi connectivity index (χ0n) is 16.7. The second-order valence-electron chi connectivity index (χ2n) is 9.16. The van der Waals surface area contributed by atoms with Gasteiger partial charge in [-0.25, -0.2) is 0 Å². The summed E-state index contributed by atoms with van der Waals surface area (Å²) in [4.78, 5) is 0. The lowest BCUT2D eigenvalue weighted by atomic mass is 9.76. The first kappa shape index (κ1) is 19.4. The molecule has 0 bridgehead atoms. The molecule has 6 heteroatoms. The maximum atomic E-state index is 11.0. The van der Waals surface area contributed by atoms with E-state index < -0.39 is 5.72 Å². The number of likely N-dealkylation sites (N-methyl/N-ethyl adjacent to an activating group) is 1. The van der Waals surface area contributed by atoms with Crippen LogP contribution >= 0.6 is 0 Å². The van der Waals surface area contributed by atoms with Gasteiger partial charge in [0.2, 0.25) is 5.96 Å². The number of benzene rings is 1. The Balaban J connectivity index is 2.62. The number of ether oxygens (including phenoxy) is 1. The molecule has 1 heterocycles. The summed E-state index contributed by atoms with van der Waals surface area (Å²) in [5, 5.41) is 20.2. The van der Waals surface area contributed by atoms with Crippen molar-refractivity contribution < 1.29 is 9.84 Å². The van der Waals surface area contributed by atoms with E-state index in [4.69, 9.17) is 15.9 Å². The number of fused-ring (bicyclic) bond motifs is 1. The van der Waals surface area contributed by atoms with Crippen LogP contribution in [0, 0.1) is 5.41 Å². The van der Waals surface area contributed by atoms with Crippen LogP contribution in [0.3, 0.4) is 0 Å². The van der Waals surface area contributed by atoms with Crippen molar-refractivity contribution in [3.63, 3.8) is 0 Å². The van der Waals surface area contributed by atoms with Crippen LogP contribution in [-0.4, -0.2) is 28.8 Å². The smallest absolute Gasteiger partial charge is 0.200 e. The number of rotatable bonds is 2. The third-order valence-corrected chi connectivity index (χ3v) is 4.76. The van der Waals surface area contributed by atoms with Gasteiger partial charge in [0, 0.05) is 30.2 Å². The predicted molar refractivity (Wildman–Crippen MR) is 101 cm³/mol. The second kappa shape index (κ2) is 5.80. The summed E-state index contributed by atoms with van der Waals surface area (Å²) in [6.45, 7) is 14.5. The normalized spacial score (nSPS) is 20.4. The lowest BCUT2D eigenvalue weighted by Crippen LogP contribution is -2.57. The van der Waals surface area contributed by atoms with Crippen LogP contribution in [0.1, 0.15) is 65.2 Å². The summed E-state index contributed by atoms with van der Waals surface area (Å²) in [6, 6.07) is 1.95. The van der Waals surface area contributed by atoms with E-state index in [1.165, 1.54) is 0 Å². The molecule has 140 valence electrons. The molecule has 1 atom stereocenters. The molecule has 0 saturated carbocycles. The van der Waals surface area contributed by atoms with Crippen LogP contribution in [0.15, 0.2) is 6.07 Å². The zero-order valence-corrected chi connectivity index (χ0v) is 16.7. The molecule has 0 radical (unpaired) electrons. The molecule has 1 aliphatic heterocycles. The first-order chi connectivity index (χ1) is 11.2. The molecule has 0 fully saturated rings. The van der Waals surface area contributed by atoms with Crippen LogP contribution < -0.4 is 15.9 Å². The van der Waals surface area contributed by atoms with Crippen LogP contribution in [0.25, 0.3) is 0 Å². The van der Waals surface area contributed by atoms with E-state index in [2.05, 4.69) is 47.0 Å². The molecule has 1 aromatic carbocycles. The van der Waals surface area contributed by atoms with E-state index in [-0.39, 0.29) is 16.8 Å². The van der Waals surface area contributed by atoms with Crippen molar-refractivity contribution >= 4 is 5.96 Å². The molecule has 1 unspecified atom stereocenters. The number of hydrazine groups is 1. The highest BCUT2D eigenvalue weighted by Gasteiger charge is 2.43.